The molecule has 0 saturated heterocycles. The Hall–Kier alpha value is -2.16. The van der Waals surface area contributed by atoms with Crippen molar-refractivity contribution >= 4 is 40.7 Å². The summed E-state index contributed by atoms with van der Waals surface area (Å²) < 4.78 is 1.97. The highest BCUT2D eigenvalue weighted by Gasteiger charge is 2.10. The minimum atomic E-state index is 0. The first-order valence-electron chi connectivity index (χ1n) is 9.97. The van der Waals surface area contributed by atoms with Crippen LogP contribution in [0.2, 0.25) is 0 Å². The van der Waals surface area contributed by atoms with Gasteiger partial charge in [0.15, 0.2) is 11.8 Å². The minimum absolute atomic E-state index is 0. The van der Waals surface area contributed by atoms with Gasteiger partial charge in [-0.2, -0.15) is 0 Å². The molecule has 0 bridgehead atoms. The topological polar surface area (TPSA) is 67.1 Å². The SMILES string of the molecule is CCCCNC(=NCc1nnc(C)n1C)NC(C)c1ccc2ccccc2c1.I. The zero-order valence-corrected chi connectivity index (χ0v) is 20.0. The number of fused-ring (bicyclic) bond motifs is 1. The van der Waals surface area contributed by atoms with Crippen molar-refractivity contribution in [2.45, 2.75) is 46.2 Å². The summed E-state index contributed by atoms with van der Waals surface area (Å²) in [4.78, 5) is 4.74. The van der Waals surface area contributed by atoms with Crippen molar-refractivity contribution < 1.29 is 0 Å². The maximum Gasteiger partial charge on any atom is 0.192 e. The summed E-state index contributed by atoms with van der Waals surface area (Å²) in [6.07, 6.45) is 2.25. The lowest BCUT2D eigenvalue weighted by Crippen LogP contribution is -2.39. The molecule has 0 amide bonds. The highest BCUT2D eigenvalue weighted by Crippen LogP contribution is 2.20. The van der Waals surface area contributed by atoms with E-state index in [2.05, 4.69) is 77.1 Å². The fourth-order valence-electron chi connectivity index (χ4n) is 3.04. The van der Waals surface area contributed by atoms with Gasteiger partial charge in [0.2, 0.25) is 0 Å². The molecule has 0 spiro atoms. The summed E-state index contributed by atoms with van der Waals surface area (Å²) in [6.45, 7) is 7.67. The van der Waals surface area contributed by atoms with Crippen molar-refractivity contribution in [2.75, 3.05) is 6.54 Å². The van der Waals surface area contributed by atoms with E-state index in [0.717, 1.165) is 37.0 Å². The number of nitrogens with one attached hydrogen (secondary N) is 2. The lowest BCUT2D eigenvalue weighted by Gasteiger charge is -2.19. The summed E-state index contributed by atoms with van der Waals surface area (Å²) in [5.41, 5.74) is 1.23. The lowest BCUT2D eigenvalue weighted by atomic mass is 10.0. The van der Waals surface area contributed by atoms with Crippen molar-refractivity contribution in [1.82, 2.24) is 25.4 Å². The van der Waals surface area contributed by atoms with Gasteiger partial charge in [0.25, 0.3) is 0 Å². The van der Waals surface area contributed by atoms with Gasteiger partial charge >= 0.3 is 0 Å². The molecule has 7 heteroatoms. The zero-order valence-electron chi connectivity index (χ0n) is 17.6. The molecule has 1 heterocycles. The van der Waals surface area contributed by atoms with Gasteiger partial charge in [0, 0.05) is 13.6 Å². The van der Waals surface area contributed by atoms with Gasteiger partial charge < -0.3 is 15.2 Å². The predicted octanol–water partition coefficient (Wildman–Crippen LogP) is 4.49. The number of rotatable bonds is 7. The summed E-state index contributed by atoms with van der Waals surface area (Å²) >= 11 is 0. The quantitative estimate of drug-likeness (QED) is 0.215. The van der Waals surface area contributed by atoms with Crippen LogP contribution in [0.3, 0.4) is 0 Å². The number of nitrogens with zero attached hydrogens (tertiary/aromatic N) is 4. The third kappa shape index (κ3) is 6.16. The molecule has 0 fully saturated rings. The van der Waals surface area contributed by atoms with Gasteiger partial charge in [-0.3, -0.25) is 0 Å². The molecule has 3 aromatic rings. The van der Waals surface area contributed by atoms with Gasteiger partial charge in [-0.15, -0.1) is 34.2 Å². The number of aryl methyl sites for hydroxylation is 1. The van der Waals surface area contributed by atoms with Crippen molar-refractivity contribution in [3.8, 4) is 0 Å². The van der Waals surface area contributed by atoms with Crippen LogP contribution in [0.15, 0.2) is 47.5 Å². The summed E-state index contributed by atoms with van der Waals surface area (Å²) in [5, 5.41) is 17.8. The number of guanidine groups is 1. The molecule has 1 atom stereocenters. The number of hydrogen-bond donors (Lipinski definition) is 2. The predicted molar refractivity (Wildman–Crippen MR) is 131 cm³/mol. The monoisotopic (exact) mass is 506 g/mol. The summed E-state index contributed by atoms with van der Waals surface area (Å²) in [7, 11) is 1.97. The maximum atomic E-state index is 4.74. The Labute approximate surface area is 190 Å². The summed E-state index contributed by atoms with van der Waals surface area (Å²) in [5.74, 6) is 2.55. The van der Waals surface area contributed by atoms with Gasteiger partial charge in [-0.05, 0) is 42.7 Å². The first kappa shape index (κ1) is 23.1. The van der Waals surface area contributed by atoms with Crippen LogP contribution in [0.4, 0.5) is 0 Å². The van der Waals surface area contributed by atoms with Crippen molar-refractivity contribution in [1.29, 1.82) is 0 Å². The molecule has 0 aliphatic carbocycles. The lowest BCUT2D eigenvalue weighted by molar-refractivity contribution is 0.663. The molecule has 0 radical (unpaired) electrons. The van der Waals surface area contributed by atoms with E-state index in [1.165, 1.54) is 16.3 Å². The minimum Gasteiger partial charge on any atom is -0.356 e. The largest absolute Gasteiger partial charge is 0.356 e. The highest BCUT2D eigenvalue weighted by molar-refractivity contribution is 14.0. The molecule has 0 saturated carbocycles. The van der Waals surface area contributed by atoms with Gasteiger partial charge in [-0.1, -0.05) is 49.7 Å². The van der Waals surface area contributed by atoms with E-state index in [4.69, 9.17) is 4.99 Å². The van der Waals surface area contributed by atoms with E-state index in [1.807, 2.05) is 18.5 Å². The molecule has 1 unspecified atom stereocenters. The molecule has 1 aromatic heterocycles. The fraction of sp³-hybridized carbons (Fsp3) is 0.409. The van der Waals surface area contributed by atoms with Crippen LogP contribution >= 0.6 is 24.0 Å². The molecule has 0 aliphatic rings. The zero-order chi connectivity index (χ0) is 19.9. The number of halogens is 1. The average molecular weight is 506 g/mol. The molecular formula is C22H31IN6. The van der Waals surface area contributed by atoms with Gasteiger partial charge in [0.05, 0.1) is 6.04 Å². The van der Waals surface area contributed by atoms with E-state index < -0.39 is 0 Å². The Kier molecular flexibility index (Phi) is 8.88. The third-order valence-corrected chi connectivity index (χ3v) is 5.01. The van der Waals surface area contributed by atoms with Crippen LogP contribution in [0.1, 0.15) is 49.9 Å². The first-order valence-corrected chi connectivity index (χ1v) is 9.97. The molecule has 29 heavy (non-hydrogen) atoms. The van der Waals surface area contributed by atoms with Crippen molar-refractivity contribution in [2.24, 2.45) is 12.0 Å². The van der Waals surface area contributed by atoms with E-state index in [0.29, 0.717) is 6.54 Å². The number of aromatic nitrogens is 3. The number of hydrogen-bond acceptors (Lipinski definition) is 3. The van der Waals surface area contributed by atoms with Crippen LogP contribution < -0.4 is 10.6 Å². The van der Waals surface area contributed by atoms with E-state index >= 15 is 0 Å². The molecule has 6 nitrogen and oxygen atoms in total. The second kappa shape index (κ2) is 11.1. The van der Waals surface area contributed by atoms with Gasteiger partial charge in [0.1, 0.15) is 12.4 Å². The molecule has 2 N–H and O–H groups in total. The van der Waals surface area contributed by atoms with Crippen LogP contribution in [-0.4, -0.2) is 27.3 Å². The molecule has 3 rings (SSSR count). The van der Waals surface area contributed by atoms with Crippen LogP contribution in [-0.2, 0) is 13.6 Å². The summed E-state index contributed by atoms with van der Waals surface area (Å²) in [6, 6.07) is 15.2. The Bertz CT molecular complexity index is 949. The maximum absolute atomic E-state index is 4.74. The van der Waals surface area contributed by atoms with Crippen molar-refractivity contribution in [3.63, 3.8) is 0 Å². The smallest absolute Gasteiger partial charge is 0.192 e. The Morgan fingerprint density at radius 1 is 1.14 bits per heavy atom. The third-order valence-electron chi connectivity index (χ3n) is 5.01. The fourth-order valence-corrected chi connectivity index (χ4v) is 3.04. The molecule has 2 aromatic carbocycles. The molecule has 0 aliphatic heterocycles. The second-order valence-electron chi connectivity index (χ2n) is 7.14. The Morgan fingerprint density at radius 2 is 1.90 bits per heavy atom. The van der Waals surface area contributed by atoms with E-state index in [-0.39, 0.29) is 30.0 Å². The Balaban J connectivity index is 0.00000300. The standard InChI is InChI=1S/C22H30N6.HI/c1-5-6-13-23-22(24-15-21-27-26-17(3)28(21)4)25-16(2)19-12-11-18-9-7-8-10-20(18)14-19;/h7-12,14,16H,5-6,13,15H2,1-4H3,(H2,23,24,25);1H. The first-order chi connectivity index (χ1) is 13.6. The normalized spacial score (nSPS) is 12.5. The number of aliphatic imine (C=N–C) groups is 1. The second-order valence-corrected chi connectivity index (χ2v) is 7.14. The Morgan fingerprint density at radius 3 is 2.59 bits per heavy atom. The van der Waals surface area contributed by atoms with E-state index in [9.17, 15) is 0 Å². The average Bonchev–Trinajstić information content (AvgIpc) is 3.03. The molecular weight excluding hydrogens is 475 g/mol. The van der Waals surface area contributed by atoms with Crippen LogP contribution in [0.5, 0.6) is 0 Å². The van der Waals surface area contributed by atoms with Crippen LogP contribution in [0, 0.1) is 6.92 Å². The number of unbranched alkanes of at least 4 members (excludes halogenated alkanes) is 1. The molecule has 156 valence electrons. The van der Waals surface area contributed by atoms with Gasteiger partial charge in [-0.25, -0.2) is 4.99 Å². The number of benzene rings is 2. The highest BCUT2D eigenvalue weighted by atomic mass is 127. The van der Waals surface area contributed by atoms with Crippen LogP contribution in [0.25, 0.3) is 10.8 Å². The van der Waals surface area contributed by atoms with E-state index in [1.54, 1.807) is 0 Å². The van der Waals surface area contributed by atoms with Crippen molar-refractivity contribution in [3.05, 3.63) is 59.7 Å².